The molecule has 2 N–H and O–H groups in total. The van der Waals surface area contributed by atoms with E-state index in [4.69, 9.17) is 4.74 Å². The molecule has 2 rings (SSSR count). The minimum atomic E-state index is -0.0389. The fourth-order valence-electron chi connectivity index (χ4n) is 1.94. The van der Waals surface area contributed by atoms with Crippen LogP contribution in [0.4, 0.5) is 5.69 Å². The Kier molecular flexibility index (Phi) is 6.56. The lowest BCUT2D eigenvalue weighted by Gasteiger charge is -2.21. The van der Waals surface area contributed by atoms with Gasteiger partial charge in [-0.25, -0.2) is 0 Å². The van der Waals surface area contributed by atoms with E-state index in [-0.39, 0.29) is 5.91 Å². The summed E-state index contributed by atoms with van der Waals surface area (Å²) in [5.74, 6) is 4.27. The Hall–Kier alpha value is -0.850. The number of nitrogens with one attached hydrogen (secondary N) is 2. The lowest BCUT2D eigenvalue weighted by atomic mass is 10.3. The van der Waals surface area contributed by atoms with Gasteiger partial charge in [0.2, 0.25) is 5.91 Å². The van der Waals surface area contributed by atoms with Gasteiger partial charge in [-0.15, -0.1) is 0 Å². The molecule has 1 aliphatic heterocycles. The van der Waals surface area contributed by atoms with Crippen LogP contribution < -0.4 is 15.4 Å². The standard InChI is InChI=1S/C14H20N2O2S2/c1-18-13-5-3-2-4-12(13)16-14(17)9-15-8-11-10-19-6-7-20-11/h2-5,11,15H,6-10H2,1H3,(H,16,17). The third-order valence-corrected chi connectivity index (χ3v) is 5.77. The number of carbonyl (C=O) groups excluding carboxylic acids is 1. The number of thioether (sulfide) groups is 2. The zero-order valence-electron chi connectivity index (χ0n) is 11.6. The van der Waals surface area contributed by atoms with Crippen LogP contribution in [0.1, 0.15) is 0 Å². The fraction of sp³-hybridized carbons (Fsp3) is 0.500. The molecule has 1 amide bonds. The van der Waals surface area contributed by atoms with Crippen molar-refractivity contribution in [2.75, 3.05) is 42.8 Å². The van der Waals surface area contributed by atoms with E-state index in [1.807, 2.05) is 47.8 Å². The second-order valence-corrected chi connectivity index (χ2v) is 7.01. The smallest absolute Gasteiger partial charge is 0.238 e. The number of amides is 1. The highest BCUT2D eigenvalue weighted by Gasteiger charge is 2.14. The quantitative estimate of drug-likeness (QED) is 0.842. The number of hydrogen-bond acceptors (Lipinski definition) is 5. The van der Waals surface area contributed by atoms with Crippen molar-refractivity contribution in [3.05, 3.63) is 24.3 Å². The summed E-state index contributed by atoms with van der Waals surface area (Å²) in [5, 5.41) is 6.70. The SMILES string of the molecule is COc1ccccc1NC(=O)CNCC1CSCCS1. The molecule has 110 valence electrons. The summed E-state index contributed by atoms with van der Waals surface area (Å²) >= 11 is 3.98. The van der Waals surface area contributed by atoms with Gasteiger partial charge in [0.05, 0.1) is 19.3 Å². The van der Waals surface area contributed by atoms with Crippen molar-refractivity contribution in [1.29, 1.82) is 0 Å². The van der Waals surface area contributed by atoms with Crippen LogP contribution >= 0.6 is 23.5 Å². The molecule has 0 aromatic heterocycles. The summed E-state index contributed by atoms with van der Waals surface area (Å²) in [5.41, 5.74) is 0.712. The summed E-state index contributed by atoms with van der Waals surface area (Å²) in [7, 11) is 1.60. The number of ether oxygens (including phenoxy) is 1. The molecule has 20 heavy (non-hydrogen) atoms. The summed E-state index contributed by atoms with van der Waals surface area (Å²) in [6, 6.07) is 7.43. The number of carbonyl (C=O) groups is 1. The lowest BCUT2D eigenvalue weighted by Crippen LogP contribution is -2.34. The van der Waals surface area contributed by atoms with Crippen molar-refractivity contribution in [2.45, 2.75) is 5.25 Å². The van der Waals surface area contributed by atoms with Crippen LogP contribution in [-0.2, 0) is 4.79 Å². The molecule has 0 bridgehead atoms. The summed E-state index contributed by atoms with van der Waals surface area (Å²) in [4.78, 5) is 11.9. The summed E-state index contributed by atoms with van der Waals surface area (Å²) in [6.07, 6.45) is 0. The minimum Gasteiger partial charge on any atom is -0.495 e. The topological polar surface area (TPSA) is 50.4 Å². The maximum absolute atomic E-state index is 11.9. The van der Waals surface area contributed by atoms with E-state index in [1.165, 1.54) is 17.3 Å². The Morgan fingerprint density at radius 1 is 1.40 bits per heavy atom. The third kappa shape index (κ3) is 4.92. The van der Waals surface area contributed by atoms with Crippen molar-refractivity contribution in [3.63, 3.8) is 0 Å². The highest BCUT2D eigenvalue weighted by molar-refractivity contribution is 8.06. The number of rotatable bonds is 6. The molecule has 1 saturated heterocycles. The Bertz CT molecular complexity index is 437. The average Bonchev–Trinajstić information content (AvgIpc) is 2.49. The highest BCUT2D eigenvalue weighted by atomic mass is 32.2. The molecule has 0 saturated carbocycles. The minimum absolute atomic E-state index is 0.0389. The molecule has 1 unspecified atom stereocenters. The van der Waals surface area contributed by atoms with Crippen molar-refractivity contribution in [3.8, 4) is 5.75 Å². The molecular weight excluding hydrogens is 292 g/mol. The van der Waals surface area contributed by atoms with Crippen LogP contribution in [0, 0.1) is 0 Å². The van der Waals surface area contributed by atoms with Gasteiger partial charge in [0, 0.05) is 29.1 Å². The van der Waals surface area contributed by atoms with Crippen molar-refractivity contribution in [2.24, 2.45) is 0 Å². The van der Waals surface area contributed by atoms with Gasteiger partial charge < -0.3 is 15.4 Å². The van der Waals surface area contributed by atoms with Crippen LogP contribution in [-0.4, -0.2) is 48.6 Å². The molecule has 4 nitrogen and oxygen atoms in total. The first-order valence-corrected chi connectivity index (χ1v) is 8.83. The largest absolute Gasteiger partial charge is 0.495 e. The van der Waals surface area contributed by atoms with E-state index in [2.05, 4.69) is 10.6 Å². The van der Waals surface area contributed by atoms with Gasteiger partial charge in [0.1, 0.15) is 5.75 Å². The first-order chi connectivity index (χ1) is 9.79. The van der Waals surface area contributed by atoms with Crippen molar-refractivity contribution < 1.29 is 9.53 Å². The Morgan fingerprint density at radius 3 is 3.00 bits per heavy atom. The van der Waals surface area contributed by atoms with Crippen LogP contribution in [0.15, 0.2) is 24.3 Å². The van der Waals surface area contributed by atoms with Gasteiger partial charge in [-0.05, 0) is 12.1 Å². The van der Waals surface area contributed by atoms with Crippen molar-refractivity contribution in [1.82, 2.24) is 5.32 Å². The lowest BCUT2D eigenvalue weighted by molar-refractivity contribution is -0.115. The fourth-order valence-corrected chi connectivity index (χ4v) is 4.59. The molecular formula is C14H20N2O2S2. The van der Waals surface area contributed by atoms with E-state index in [9.17, 15) is 4.79 Å². The molecule has 1 heterocycles. The van der Waals surface area contributed by atoms with Gasteiger partial charge in [0.25, 0.3) is 0 Å². The van der Waals surface area contributed by atoms with Gasteiger partial charge in [0.15, 0.2) is 0 Å². The first kappa shape index (κ1) is 15.5. The van der Waals surface area contributed by atoms with Gasteiger partial charge in [-0.2, -0.15) is 23.5 Å². The van der Waals surface area contributed by atoms with Gasteiger partial charge >= 0.3 is 0 Å². The molecule has 1 fully saturated rings. The summed E-state index contributed by atoms with van der Waals surface area (Å²) in [6.45, 7) is 1.22. The molecule has 1 atom stereocenters. The normalized spacial score (nSPS) is 18.6. The Labute approximate surface area is 128 Å². The Balaban J connectivity index is 1.72. The number of methoxy groups -OCH3 is 1. The second kappa shape index (κ2) is 8.44. The number of para-hydroxylation sites is 2. The maximum atomic E-state index is 11.9. The number of benzene rings is 1. The van der Waals surface area contributed by atoms with Crippen LogP contribution in [0.3, 0.4) is 0 Å². The van der Waals surface area contributed by atoms with Crippen LogP contribution in [0.2, 0.25) is 0 Å². The number of anilines is 1. The van der Waals surface area contributed by atoms with E-state index >= 15 is 0 Å². The average molecular weight is 312 g/mol. The predicted molar refractivity (Wildman–Crippen MR) is 88.1 cm³/mol. The number of hydrogen-bond donors (Lipinski definition) is 2. The van der Waals surface area contributed by atoms with E-state index in [0.717, 1.165) is 6.54 Å². The van der Waals surface area contributed by atoms with Crippen LogP contribution in [0.5, 0.6) is 5.75 Å². The van der Waals surface area contributed by atoms with Crippen molar-refractivity contribution >= 4 is 35.1 Å². The molecule has 1 aliphatic rings. The van der Waals surface area contributed by atoms with E-state index < -0.39 is 0 Å². The molecule has 1 aromatic rings. The molecule has 0 spiro atoms. The second-order valence-electron chi connectivity index (χ2n) is 4.45. The molecule has 6 heteroatoms. The maximum Gasteiger partial charge on any atom is 0.238 e. The predicted octanol–water partition coefficient (Wildman–Crippen LogP) is 2.07. The molecule has 0 radical (unpaired) electrons. The zero-order valence-corrected chi connectivity index (χ0v) is 13.2. The zero-order chi connectivity index (χ0) is 14.2. The Morgan fingerprint density at radius 2 is 2.25 bits per heavy atom. The highest BCUT2D eigenvalue weighted by Crippen LogP contribution is 2.24. The molecule has 1 aromatic carbocycles. The third-order valence-electron chi connectivity index (χ3n) is 2.92. The van der Waals surface area contributed by atoms with Gasteiger partial charge in [-0.3, -0.25) is 4.79 Å². The van der Waals surface area contributed by atoms with E-state index in [1.54, 1.807) is 7.11 Å². The molecule has 0 aliphatic carbocycles. The first-order valence-electron chi connectivity index (χ1n) is 6.62. The van der Waals surface area contributed by atoms with E-state index in [0.29, 0.717) is 23.2 Å². The van der Waals surface area contributed by atoms with Gasteiger partial charge in [-0.1, -0.05) is 12.1 Å². The van der Waals surface area contributed by atoms with Crippen LogP contribution in [0.25, 0.3) is 0 Å². The monoisotopic (exact) mass is 312 g/mol. The summed E-state index contributed by atoms with van der Waals surface area (Å²) < 4.78 is 5.20.